The van der Waals surface area contributed by atoms with Gasteiger partial charge in [0.25, 0.3) is 0 Å². The van der Waals surface area contributed by atoms with Crippen molar-refractivity contribution in [2.75, 3.05) is 13.6 Å². The van der Waals surface area contributed by atoms with Crippen LogP contribution in [0.4, 0.5) is 4.39 Å². The van der Waals surface area contributed by atoms with Gasteiger partial charge < -0.3 is 5.73 Å². The normalized spacial score (nSPS) is 12.7. The van der Waals surface area contributed by atoms with Crippen molar-refractivity contribution >= 4 is 15.9 Å². The SMILES string of the molecule is CN(Cc1ccccc1F)C(CN)c1cncc(Br)c1. The summed E-state index contributed by atoms with van der Waals surface area (Å²) in [6.07, 6.45) is 3.52. The first kappa shape index (κ1) is 15.1. The molecule has 0 aliphatic carbocycles. The highest BCUT2D eigenvalue weighted by molar-refractivity contribution is 9.10. The summed E-state index contributed by atoms with van der Waals surface area (Å²) >= 11 is 3.41. The van der Waals surface area contributed by atoms with Gasteiger partial charge in [-0.25, -0.2) is 4.39 Å². The highest BCUT2D eigenvalue weighted by Gasteiger charge is 2.17. The molecule has 20 heavy (non-hydrogen) atoms. The van der Waals surface area contributed by atoms with E-state index in [2.05, 4.69) is 20.9 Å². The molecule has 0 bridgehead atoms. The molecule has 0 aliphatic rings. The van der Waals surface area contributed by atoms with Crippen LogP contribution in [0, 0.1) is 5.82 Å². The summed E-state index contributed by atoms with van der Waals surface area (Å²) in [5.41, 5.74) is 7.55. The molecule has 1 heterocycles. The number of aromatic nitrogens is 1. The van der Waals surface area contributed by atoms with E-state index in [1.807, 2.05) is 24.1 Å². The van der Waals surface area contributed by atoms with E-state index < -0.39 is 0 Å². The van der Waals surface area contributed by atoms with Gasteiger partial charge in [-0.2, -0.15) is 0 Å². The van der Waals surface area contributed by atoms with Crippen LogP contribution in [0.25, 0.3) is 0 Å². The van der Waals surface area contributed by atoms with E-state index in [1.54, 1.807) is 24.5 Å². The molecular formula is C15H17BrFN3. The number of benzene rings is 1. The Balaban J connectivity index is 2.17. The molecule has 0 radical (unpaired) electrons. The zero-order valence-electron chi connectivity index (χ0n) is 11.3. The Kier molecular flexibility index (Phi) is 5.23. The Morgan fingerprint density at radius 2 is 2.10 bits per heavy atom. The Morgan fingerprint density at radius 3 is 2.75 bits per heavy atom. The summed E-state index contributed by atoms with van der Waals surface area (Å²) in [5, 5.41) is 0. The molecule has 0 spiro atoms. The van der Waals surface area contributed by atoms with Crippen molar-refractivity contribution in [2.45, 2.75) is 12.6 Å². The van der Waals surface area contributed by atoms with Crippen molar-refractivity contribution in [2.24, 2.45) is 5.73 Å². The summed E-state index contributed by atoms with van der Waals surface area (Å²) in [6, 6.07) is 8.78. The fourth-order valence-electron chi connectivity index (χ4n) is 2.19. The minimum atomic E-state index is -0.192. The molecule has 0 saturated heterocycles. The lowest BCUT2D eigenvalue weighted by Gasteiger charge is -2.27. The molecular weight excluding hydrogens is 321 g/mol. The third-order valence-corrected chi connectivity index (χ3v) is 3.68. The average Bonchev–Trinajstić information content (AvgIpc) is 2.42. The first-order chi connectivity index (χ1) is 9.61. The van der Waals surface area contributed by atoms with Crippen LogP contribution >= 0.6 is 15.9 Å². The van der Waals surface area contributed by atoms with E-state index in [9.17, 15) is 4.39 Å². The fraction of sp³-hybridized carbons (Fsp3) is 0.267. The third kappa shape index (κ3) is 3.62. The van der Waals surface area contributed by atoms with Gasteiger partial charge in [-0.15, -0.1) is 0 Å². The van der Waals surface area contributed by atoms with Gasteiger partial charge in [-0.1, -0.05) is 18.2 Å². The number of hydrogen-bond acceptors (Lipinski definition) is 3. The van der Waals surface area contributed by atoms with Crippen molar-refractivity contribution in [1.82, 2.24) is 9.88 Å². The topological polar surface area (TPSA) is 42.1 Å². The monoisotopic (exact) mass is 337 g/mol. The number of pyridine rings is 1. The molecule has 0 fully saturated rings. The van der Waals surface area contributed by atoms with Crippen molar-refractivity contribution in [3.8, 4) is 0 Å². The van der Waals surface area contributed by atoms with Gasteiger partial charge in [0, 0.05) is 41.6 Å². The second-order valence-corrected chi connectivity index (χ2v) is 5.61. The maximum Gasteiger partial charge on any atom is 0.127 e. The Bertz CT molecular complexity index is 577. The lowest BCUT2D eigenvalue weighted by Crippen LogP contribution is -2.30. The quantitative estimate of drug-likeness (QED) is 0.911. The maximum absolute atomic E-state index is 13.7. The lowest BCUT2D eigenvalue weighted by molar-refractivity contribution is 0.238. The van der Waals surface area contributed by atoms with E-state index in [0.29, 0.717) is 18.7 Å². The lowest BCUT2D eigenvalue weighted by atomic mass is 10.1. The van der Waals surface area contributed by atoms with Crippen LogP contribution in [-0.4, -0.2) is 23.5 Å². The molecule has 0 saturated carbocycles. The molecule has 5 heteroatoms. The molecule has 2 aromatic rings. The van der Waals surface area contributed by atoms with Gasteiger partial charge in [-0.3, -0.25) is 9.88 Å². The summed E-state index contributed by atoms with van der Waals surface area (Å²) in [6.45, 7) is 0.949. The summed E-state index contributed by atoms with van der Waals surface area (Å²) in [4.78, 5) is 6.19. The zero-order chi connectivity index (χ0) is 14.5. The van der Waals surface area contributed by atoms with Crippen molar-refractivity contribution < 1.29 is 4.39 Å². The van der Waals surface area contributed by atoms with Crippen LogP contribution < -0.4 is 5.73 Å². The standard InChI is InChI=1S/C15H17BrFN3/c1-20(10-11-4-2-3-5-14(11)17)15(7-18)12-6-13(16)9-19-8-12/h2-6,8-9,15H,7,10,18H2,1H3. The van der Waals surface area contributed by atoms with E-state index in [4.69, 9.17) is 5.73 Å². The maximum atomic E-state index is 13.7. The third-order valence-electron chi connectivity index (χ3n) is 3.24. The number of nitrogens with zero attached hydrogens (tertiary/aromatic N) is 2. The van der Waals surface area contributed by atoms with Gasteiger partial charge in [0.2, 0.25) is 0 Å². The van der Waals surface area contributed by atoms with E-state index in [0.717, 1.165) is 10.0 Å². The molecule has 106 valence electrons. The average molecular weight is 338 g/mol. The highest BCUT2D eigenvalue weighted by atomic mass is 79.9. The molecule has 2 N–H and O–H groups in total. The van der Waals surface area contributed by atoms with Crippen LogP contribution in [0.1, 0.15) is 17.2 Å². The molecule has 0 amide bonds. The predicted molar refractivity (Wildman–Crippen MR) is 81.6 cm³/mol. The number of halogens is 2. The largest absolute Gasteiger partial charge is 0.329 e. The minimum absolute atomic E-state index is 0.000365. The van der Waals surface area contributed by atoms with E-state index in [-0.39, 0.29) is 11.9 Å². The van der Waals surface area contributed by atoms with Crippen LogP contribution in [0.3, 0.4) is 0 Å². The zero-order valence-corrected chi connectivity index (χ0v) is 12.8. The summed E-state index contributed by atoms with van der Waals surface area (Å²) in [7, 11) is 1.94. The molecule has 1 aromatic carbocycles. The molecule has 1 atom stereocenters. The van der Waals surface area contributed by atoms with Gasteiger partial charge in [0.05, 0.1) is 0 Å². The number of rotatable bonds is 5. The summed E-state index contributed by atoms with van der Waals surface area (Å²) in [5.74, 6) is -0.192. The fourth-order valence-corrected chi connectivity index (χ4v) is 2.57. The molecule has 1 aromatic heterocycles. The minimum Gasteiger partial charge on any atom is -0.329 e. The van der Waals surface area contributed by atoms with Crippen LogP contribution in [0.2, 0.25) is 0 Å². The van der Waals surface area contributed by atoms with Crippen LogP contribution in [0.15, 0.2) is 47.2 Å². The van der Waals surface area contributed by atoms with E-state index >= 15 is 0 Å². The van der Waals surface area contributed by atoms with Gasteiger partial charge in [-0.05, 0) is 40.7 Å². The molecule has 2 rings (SSSR count). The first-order valence-corrected chi connectivity index (χ1v) is 7.15. The predicted octanol–water partition coefficient (Wildman–Crippen LogP) is 3.12. The Labute approximate surface area is 126 Å². The first-order valence-electron chi connectivity index (χ1n) is 6.36. The van der Waals surface area contributed by atoms with Crippen molar-refractivity contribution in [1.29, 1.82) is 0 Å². The highest BCUT2D eigenvalue weighted by Crippen LogP contribution is 2.22. The van der Waals surface area contributed by atoms with Crippen LogP contribution in [0.5, 0.6) is 0 Å². The van der Waals surface area contributed by atoms with Crippen LogP contribution in [-0.2, 0) is 6.54 Å². The Morgan fingerprint density at radius 1 is 1.35 bits per heavy atom. The molecule has 1 unspecified atom stereocenters. The van der Waals surface area contributed by atoms with Crippen molar-refractivity contribution in [3.05, 3.63) is 64.1 Å². The van der Waals surface area contributed by atoms with Crippen molar-refractivity contribution in [3.63, 3.8) is 0 Å². The number of likely N-dealkylation sites (N-methyl/N-ethyl adjacent to an activating group) is 1. The van der Waals surface area contributed by atoms with Gasteiger partial charge in [0.1, 0.15) is 5.82 Å². The number of nitrogens with two attached hydrogens (primary N) is 1. The van der Waals surface area contributed by atoms with E-state index in [1.165, 1.54) is 6.07 Å². The second kappa shape index (κ2) is 6.92. The van der Waals surface area contributed by atoms with Gasteiger partial charge in [0.15, 0.2) is 0 Å². The molecule has 3 nitrogen and oxygen atoms in total. The number of hydrogen-bond donors (Lipinski definition) is 1. The second-order valence-electron chi connectivity index (χ2n) is 4.69. The summed E-state index contributed by atoms with van der Waals surface area (Å²) < 4.78 is 14.6. The van der Waals surface area contributed by atoms with Gasteiger partial charge >= 0.3 is 0 Å². The smallest absolute Gasteiger partial charge is 0.127 e. The Hall–Kier alpha value is -1.30. The molecule has 0 aliphatic heterocycles.